The molecular weight excluding hydrogens is 1010 g/mol. The van der Waals surface area contributed by atoms with Crippen molar-refractivity contribution in [2.24, 2.45) is 0 Å². The average Bonchev–Trinajstić information content (AvgIpc) is 2.61. The molecule has 0 aliphatic carbocycles. The fourth-order valence-electron chi connectivity index (χ4n) is 0.641. The number of hydrogen-bond acceptors (Lipinski definition) is 12. The van der Waals surface area contributed by atoms with E-state index in [1.54, 1.807) is 0 Å². The summed E-state index contributed by atoms with van der Waals surface area (Å²) in [4.78, 5) is 0. The van der Waals surface area contributed by atoms with Crippen molar-refractivity contribution in [3.63, 3.8) is 0 Å². The van der Waals surface area contributed by atoms with Crippen molar-refractivity contribution in [1.82, 2.24) is 0 Å². The van der Waals surface area contributed by atoms with E-state index in [2.05, 4.69) is 0 Å². The van der Waals surface area contributed by atoms with E-state index >= 15 is 0 Å². The predicted octanol–water partition coefficient (Wildman–Crippen LogP) is 3.18. The van der Waals surface area contributed by atoms with Crippen LogP contribution >= 0.6 is 0 Å². The Bertz CT molecular complexity index is 1370. The zero-order valence-corrected chi connectivity index (χ0v) is 25.4. The van der Waals surface area contributed by atoms with E-state index in [9.17, 15) is 130 Å². The molecule has 0 aromatic rings. The molecular formula is C6F18N3O12S6Yb. The third kappa shape index (κ3) is 15.6. The molecule has 0 heterocycles. The molecule has 1 radical (unpaired) electrons. The second kappa shape index (κ2) is 15.4. The maximum absolute atomic E-state index is 11.4. The van der Waals surface area contributed by atoms with Gasteiger partial charge in [0.05, 0.1) is 0 Å². The van der Waals surface area contributed by atoms with Crippen LogP contribution in [0.4, 0.5) is 79.0 Å². The molecule has 0 aliphatic rings. The summed E-state index contributed by atoms with van der Waals surface area (Å²) >= 11 is 0. The summed E-state index contributed by atoms with van der Waals surface area (Å²) in [6.45, 7) is 0. The molecule has 0 N–H and O–H groups in total. The Labute approximate surface area is 280 Å². The van der Waals surface area contributed by atoms with Gasteiger partial charge in [-0.25, -0.2) is 50.5 Å². The Morgan fingerprint density at radius 2 is 0.304 bits per heavy atom. The normalized spacial score (nSPS) is 15.0. The molecule has 0 rings (SSSR count). The zero-order chi connectivity index (χ0) is 38.1. The summed E-state index contributed by atoms with van der Waals surface area (Å²) in [6, 6.07) is 0. The van der Waals surface area contributed by atoms with Crippen molar-refractivity contribution >= 4 is 60.1 Å². The second-order valence-corrected chi connectivity index (χ2v) is 16.0. The first kappa shape index (κ1) is 52.6. The molecule has 40 heteroatoms. The summed E-state index contributed by atoms with van der Waals surface area (Å²) in [7, 11) is -40.3. The van der Waals surface area contributed by atoms with E-state index in [0.29, 0.717) is 0 Å². The Morgan fingerprint density at radius 3 is 0.348 bits per heavy atom. The SMILES string of the molecule is O=S(=O)([N-]S(=O)(=O)C(F)(F)F)C(F)(F)F.O=S(=O)([N-]S(=O)(=O)C(F)(F)F)C(F)(F)F.O=S(=O)([N-]S(=O)(=O)C(F)(F)F)C(F)(F)F.[Yb+3]. The Balaban J connectivity index is -0.000000285. The van der Waals surface area contributed by atoms with E-state index in [4.69, 9.17) is 0 Å². The molecule has 0 fully saturated rings. The molecule has 0 saturated heterocycles. The van der Waals surface area contributed by atoms with Crippen molar-refractivity contribution < 1.29 is 176 Å². The van der Waals surface area contributed by atoms with Gasteiger partial charge in [-0.05, 0) is 0 Å². The predicted molar refractivity (Wildman–Crippen MR) is 99.9 cm³/mol. The van der Waals surface area contributed by atoms with Gasteiger partial charge in [-0.15, -0.1) is 0 Å². The standard InChI is InChI=1S/3C2F6NO4S2.Yb/c3*3-1(4,5)14(10,11)9-15(12,13)2(6,7)8;/q3*-1;+3. The fraction of sp³-hybridized carbons (Fsp3) is 1.00. The molecule has 46 heavy (non-hydrogen) atoms. The van der Waals surface area contributed by atoms with Crippen molar-refractivity contribution in [2.45, 2.75) is 33.0 Å². The van der Waals surface area contributed by atoms with Gasteiger partial charge >= 0.3 is 80.0 Å². The van der Waals surface area contributed by atoms with Crippen LogP contribution in [-0.4, -0.2) is 83.6 Å². The van der Waals surface area contributed by atoms with Gasteiger partial charge in [0.15, 0.2) is 60.1 Å². The van der Waals surface area contributed by atoms with Crippen LogP contribution in [0.1, 0.15) is 0 Å². The number of sulfonamides is 6. The van der Waals surface area contributed by atoms with Crippen LogP contribution in [0.5, 0.6) is 0 Å². The van der Waals surface area contributed by atoms with E-state index < -0.39 is 93.2 Å². The van der Waals surface area contributed by atoms with Gasteiger partial charge in [-0.2, -0.15) is 79.0 Å². The minimum absolute atomic E-state index is 0. The van der Waals surface area contributed by atoms with Gasteiger partial charge in [-0.3, -0.25) is 0 Å². The monoisotopic (exact) mass is 1010 g/mol. The molecule has 0 spiro atoms. The Kier molecular flexibility index (Phi) is 17.6. The van der Waals surface area contributed by atoms with Crippen LogP contribution < -0.4 is 0 Å². The van der Waals surface area contributed by atoms with Crippen LogP contribution in [-0.2, 0) is 60.1 Å². The third-order valence-corrected chi connectivity index (χ3v) is 10.6. The summed E-state index contributed by atoms with van der Waals surface area (Å²) in [5, 5.41) is 0. The minimum Gasteiger partial charge on any atom is -0.421 e. The van der Waals surface area contributed by atoms with Crippen LogP contribution in [0.2, 0.25) is 0 Å². The molecule has 0 amide bonds. The van der Waals surface area contributed by atoms with Crippen LogP contribution in [0.25, 0.3) is 12.4 Å². The maximum atomic E-state index is 11.4. The van der Waals surface area contributed by atoms with Crippen molar-refractivity contribution in [3.8, 4) is 0 Å². The van der Waals surface area contributed by atoms with Gasteiger partial charge in [0.2, 0.25) is 0 Å². The van der Waals surface area contributed by atoms with E-state index in [-0.39, 0.29) is 46.9 Å². The molecule has 0 aromatic carbocycles. The third-order valence-electron chi connectivity index (χ3n) is 2.34. The van der Waals surface area contributed by atoms with Gasteiger partial charge in [0.25, 0.3) is 0 Å². The first-order chi connectivity index (χ1) is 18.6. The minimum atomic E-state index is -6.72. The van der Waals surface area contributed by atoms with Crippen LogP contribution in [0, 0.1) is 46.9 Å². The number of nitrogens with zero attached hydrogens (tertiary/aromatic N) is 3. The molecule has 0 bridgehead atoms. The summed E-state index contributed by atoms with van der Waals surface area (Å²) in [6.07, 6.45) is 0. The van der Waals surface area contributed by atoms with Crippen LogP contribution in [0.15, 0.2) is 0 Å². The first-order valence-corrected chi connectivity index (χ1v) is 16.4. The fourth-order valence-corrected chi connectivity index (χ4v) is 5.77. The molecule has 0 unspecified atom stereocenters. The number of rotatable bonds is 6. The number of alkyl halides is 18. The Morgan fingerprint density at radius 1 is 0.239 bits per heavy atom. The summed E-state index contributed by atoms with van der Waals surface area (Å²) < 4.78 is 328. The second-order valence-electron chi connectivity index (χ2n) is 5.75. The van der Waals surface area contributed by atoms with E-state index in [1.807, 2.05) is 0 Å². The zero-order valence-electron chi connectivity index (χ0n) is 18.8. The summed E-state index contributed by atoms with van der Waals surface area (Å²) in [5.74, 6) is 0. The quantitative estimate of drug-likeness (QED) is 0.348. The van der Waals surface area contributed by atoms with Crippen molar-refractivity contribution in [1.29, 1.82) is 0 Å². The smallest absolute Gasteiger partial charge is 0.421 e. The molecule has 0 atom stereocenters. The number of halogens is 18. The summed E-state index contributed by atoms with van der Waals surface area (Å²) in [5.41, 5.74) is -37.2. The topological polar surface area (TPSA) is 247 Å². The van der Waals surface area contributed by atoms with Gasteiger partial charge < -0.3 is 12.4 Å². The molecule has 15 nitrogen and oxygen atoms in total. The number of hydrogen-bond donors (Lipinski definition) is 0. The van der Waals surface area contributed by atoms with Gasteiger partial charge in [-0.1, -0.05) is 0 Å². The molecule has 0 aromatic heterocycles. The van der Waals surface area contributed by atoms with Gasteiger partial charge in [0, 0.05) is 0 Å². The maximum Gasteiger partial charge on any atom is 3.00 e. The molecule has 287 valence electrons. The van der Waals surface area contributed by atoms with E-state index in [0.717, 1.165) is 12.4 Å². The Hall–Kier alpha value is -0.161. The average molecular weight is 1010 g/mol. The van der Waals surface area contributed by atoms with E-state index in [1.165, 1.54) is 0 Å². The molecule has 0 saturated carbocycles. The largest absolute Gasteiger partial charge is 3.00 e. The van der Waals surface area contributed by atoms with Crippen LogP contribution in [0.3, 0.4) is 0 Å². The molecule has 0 aliphatic heterocycles. The van der Waals surface area contributed by atoms with Gasteiger partial charge in [0.1, 0.15) is 0 Å². The van der Waals surface area contributed by atoms with Crippen molar-refractivity contribution in [2.75, 3.05) is 0 Å². The first-order valence-electron chi connectivity index (χ1n) is 7.72. The van der Waals surface area contributed by atoms with Crippen molar-refractivity contribution in [3.05, 3.63) is 12.4 Å².